The summed E-state index contributed by atoms with van der Waals surface area (Å²) in [5.74, 6) is 0.614. The lowest BCUT2D eigenvalue weighted by Gasteiger charge is -2.15. The van der Waals surface area contributed by atoms with Gasteiger partial charge in [-0.3, -0.25) is 9.48 Å². The van der Waals surface area contributed by atoms with Crippen molar-refractivity contribution in [3.8, 4) is 0 Å². The second-order valence-corrected chi connectivity index (χ2v) is 5.59. The fourth-order valence-electron chi connectivity index (χ4n) is 2.07. The summed E-state index contributed by atoms with van der Waals surface area (Å²) in [7, 11) is 0. The van der Waals surface area contributed by atoms with E-state index in [1.165, 1.54) is 6.08 Å². The molecule has 3 aromatic rings. The van der Waals surface area contributed by atoms with Crippen molar-refractivity contribution in [3.63, 3.8) is 0 Å². The number of thiophene rings is 1. The normalized spacial score (nSPS) is 12.5. The van der Waals surface area contributed by atoms with Crippen LogP contribution in [0.15, 0.2) is 64.9 Å². The number of amides is 1. The molecule has 3 rings (SSSR count). The van der Waals surface area contributed by atoms with E-state index >= 15 is 0 Å². The lowest BCUT2D eigenvalue weighted by Crippen LogP contribution is -2.30. The third-order valence-electron chi connectivity index (χ3n) is 3.13. The molecule has 0 aliphatic rings. The number of nitrogens with zero attached hydrogens (tertiary/aromatic N) is 2. The van der Waals surface area contributed by atoms with Crippen LogP contribution in [0.25, 0.3) is 6.08 Å². The van der Waals surface area contributed by atoms with Gasteiger partial charge in [0, 0.05) is 29.9 Å². The molecule has 22 heavy (non-hydrogen) atoms. The van der Waals surface area contributed by atoms with Gasteiger partial charge in [-0.15, -0.1) is 11.3 Å². The Bertz CT molecular complexity index is 681. The first kappa shape index (κ1) is 14.3. The summed E-state index contributed by atoms with van der Waals surface area (Å²) in [6.45, 7) is 0.406. The highest BCUT2D eigenvalue weighted by Crippen LogP contribution is 2.17. The molecule has 1 N–H and O–H groups in total. The Balaban J connectivity index is 1.63. The summed E-state index contributed by atoms with van der Waals surface area (Å²) in [6, 6.07) is 9.29. The minimum absolute atomic E-state index is 0.142. The maximum Gasteiger partial charge on any atom is 0.244 e. The molecule has 6 heteroatoms. The van der Waals surface area contributed by atoms with E-state index in [9.17, 15) is 4.79 Å². The minimum Gasteiger partial charge on any atom is -0.467 e. The van der Waals surface area contributed by atoms with Gasteiger partial charge in [-0.25, -0.2) is 0 Å². The van der Waals surface area contributed by atoms with Gasteiger partial charge < -0.3 is 9.73 Å². The molecule has 0 saturated heterocycles. The molecule has 1 unspecified atom stereocenters. The van der Waals surface area contributed by atoms with Crippen LogP contribution in [0.5, 0.6) is 0 Å². The molecule has 0 aliphatic carbocycles. The summed E-state index contributed by atoms with van der Waals surface area (Å²) in [5, 5.41) is 9.08. The Morgan fingerprint density at radius 2 is 2.36 bits per heavy atom. The van der Waals surface area contributed by atoms with Crippen molar-refractivity contribution in [1.82, 2.24) is 15.1 Å². The number of nitrogens with one attached hydrogen (secondary N) is 1. The van der Waals surface area contributed by atoms with Crippen LogP contribution in [0.4, 0.5) is 0 Å². The summed E-state index contributed by atoms with van der Waals surface area (Å²) in [5.41, 5.74) is 0. The summed E-state index contributed by atoms with van der Waals surface area (Å²) in [6.07, 6.45) is 8.50. The first-order valence-electron chi connectivity index (χ1n) is 6.85. The maximum absolute atomic E-state index is 11.9. The topological polar surface area (TPSA) is 60.1 Å². The number of carbonyl (C=O) groups is 1. The van der Waals surface area contributed by atoms with Gasteiger partial charge in [0.15, 0.2) is 0 Å². The lowest BCUT2D eigenvalue weighted by molar-refractivity contribution is -0.116. The van der Waals surface area contributed by atoms with Crippen LogP contribution in [0, 0.1) is 0 Å². The van der Waals surface area contributed by atoms with Crippen LogP contribution in [-0.4, -0.2) is 22.2 Å². The second kappa shape index (κ2) is 6.91. The van der Waals surface area contributed by atoms with Crippen molar-refractivity contribution in [2.45, 2.75) is 6.04 Å². The smallest absolute Gasteiger partial charge is 0.244 e. The van der Waals surface area contributed by atoms with Gasteiger partial charge in [-0.2, -0.15) is 5.10 Å². The first-order valence-corrected chi connectivity index (χ1v) is 7.73. The largest absolute Gasteiger partial charge is 0.467 e. The van der Waals surface area contributed by atoms with E-state index in [1.807, 2.05) is 41.9 Å². The van der Waals surface area contributed by atoms with Crippen molar-refractivity contribution >= 4 is 23.3 Å². The van der Waals surface area contributed by atoms with Gasteiger partial charge in [-0.1, -0.05) is 6.07 Å². The van der Waals surface area contributed by atoms with Gasteiger partial charge in [0.2, 0.25) is 5.91 Å². The van der Waals surface area contributed by atoms with Crippen molar-refractivity contribution in [2.24, 2.45) is 0 Å². The standard InChI is InChI=1S/C16H15N3O2S/c20-16(7-6-13-4-2-11-22-13)17-12-14(15-5-1-10-21-15)19-9-3-8-18-19/h1-11,14H,12H2,(H,17,20)/b7-6+. The molecule has 3 heterocycles. The SMILES string of the molecule is O=C(/C=C/c1cccs1)NCC(c1ccco1)n1cccn1. The average Bonchev–Trinajstić information content (AvgIpc) is 3.27. The fourth-order valence-corrected chi connectivity index (χ4v) is 2.69. The van der Waals surface area contributed by atoms with Gasteiger partial charge in [0.05, 0.1) is 6.26 Å². The third kappa shape index (κ3) is 3.53. The monoisotopic (exact) mass is 313 g/mol. The Morgan fingerprint density at radius 3 is 3.05 bits per heavy atom. The molecule has 112 valence electrons. The number of furan rings is 1. The Morgan fingerprint density at radius 1 is 1.41 bits per heavy atom. The van der Waals surface area contributed by atoms with Crippen molar-refractivity contribution < 1.29 is 9.21 Å². The Kier molecular flexibility index (Phi) is 4.50. The lowest BCUT2D eigenvalue weighted by atomic mass is 10.2. The molecule has 0 spiro atoms. The van der Waals surface area contributed by atoms with E-state index in [0.29, 0.717) is 6.54 Å². The molecular formula is C16H15N3O2S. The van der Waals surface area contributed by atoms with Gasteiger partial charge in [-0.05, 0) is 35.7 Å². The van der Waals surface area contributed by atoms with E-state index in [4.69, 9.17) is 4.42 Å². The highest BCUT2D eigenvalue weighted by molar-refractivity contribution is 7.10. The van der Waals surface area contributed by atoms with Crippen LogP contribution in [0.2, 0.25) is 0 Å². The molecule has 1 atom stereocenters. The predicted molar refractivity (Wildman–Crippen MR) is 85.4 cm³/mol. The zero-order chi connectivity index (χ0) is 15.2. The second-order valence-electron chi connectivity index (χ2n) is 4.61. The quantitative estimate of drug-likeness (QED) is 0.712. The molecule has 1 amide bonds. The maximum atomic E-state index is 11.9. The Hall–Kier alpha value is -2.60. The highest BCUT2D eigenvalue weighted by Gasteiger charge is 2.17. The molecule has 0 saturated carbocycles. The molecule has 0 radical (unpaired) electrons. The third-order valence-corrected chi connectivity index (χ3v) is 3.97. The summed E-state index contributed by atoms with van der Waals surface area (Å²) >= 11 is 1.59. The van der Waals surface area contributed by atoms with Crippen LogP contribution in [-0.2, 0) is 4.79 Å². The van der Waals surface area contributed by atoms with Crippen LogP contribution in [0.1, 0.15) is 16.7 Å². The number of carbonyl (C=O) groups excluding carboxylic acids is 1. The number of aromatic nitrogens is 2. The number of rotatable bonds is 6. The molecule has 0 aliphatic heterocycles. The van der Waals surface area contributed by atoms with E-state index in [-0.39, 0.29) is 11.9 Å². The van der Waals surface area contributed by atoms with E-state index in [0.717, 1.165) is 10.6 Å². The van der Waals surface area contributed by atoms with E-state index in [2.05, 4.69) is 10.4 Å². The minimum atomic E-state index is -0.163. The highest BCUT2D eigenvalue weighted by atomic mass is 32.1. The van der Waals surface area contributed by atoms with E-state index in [1.54, 1.807) is 34.6 Å². The molecule has 0 fully saturated rings. The zero-order valence-corrected chi connectivity index (χ0v) is 12.6. The fraction of sp³-hybridized carbons (Fsp3) is 0.125. The van der Waals surface area contributed by atoms with Crippen molar-refractivity contribution in [1.29, 1.82) is 0 Å². The number of hydrogen-bond donors (Lipinski definition) is 1. The van der Waals surface area contributed by atoms with Gasteiger partial charge in [0.25, 0.3) is 0 Å². The molecule has 0 aromatic carbocycles. The number of hydrogen-bond acceptors (Lipinski definition) is 4. The first-order chi connectivity index (χ1) is 10.8. The summed E-state index contributed by atoms with van der Waals surface area (Å²) < 4.78 is 7.21. The molecule has 3 aromatic heterocycles. The molecule has 0 bridgehead atoms. The van der Waals surface area contributed by atoms with Crippen LogP contribution >= 0.6 is 11.3 Å². The van der Waals surface area contributed by atoms with Crippen LogP contribution in [0.3, 0.4) is 0 Å². The van der Waals surface area contributed by atoms with Gasteiger partial charge >= 0.3 is 0 Å². The van der Waals surface area contributed by atoms with Crippen molar-refractivity contribution in [3.05, 3.63) is 71.1 Å². The zero-order valence-electron chi connectivity index (χ0n) is 11.8. The Labute approximate surface area is 131 Å². The average molecular weight is 313 g/mol. The van der Waals surface area contributed by atoms with Crippen molar-refractivity contribution in [2.75, 3.05) is 6.54 Å². The van der Waals surface area contributed by atoms with Gasteiger partial charge in [0.1, 0.15) is 11.8 Å². The molecule has 5 nitrogen and oxygen atoms in total. The predicted octanol–water partition coefficient (Wildman–Crippen LogP) is 2.96. The van der Waals surface area contributed by atoms with E-state index < -0.39 is 0 Å². The molecular weight excluding hydrogens is 298 g/mol. The van der Waals surface area contributed by atoms with Crippen LogP contribution < -0.4 is 5.32 Å². The summed E-state index contributed by atoms with van der Waals surface area (Å²) in [4.78, 5) is 13.0.